The molecule has 0 saturated carbocycles. The van der Waals surface area contributed by atoms with E-state index in [-0.39, 0.29) is 5.91 Å². The van der Waals surface area contributed by atoms with Crippen LogP contribution in [-0.2, 0) is 11.2 Å². The van der Waals surface area contributed by atoms with E-state index >= 15 is 0 Å². The molecule has 1 aliphatic rings. The number of aromatic nitrogens is 1. The molecule has 1 aromatic heterocycles. The lowest BCUT2D eigenvalue weighted by Gasteiger charge is -2.32. The van der Waals surface area contributed by atoms with Gasteiger partial charge in [-0.05, 0) is 49.4 Å². The third-order valence-corrected chi connectivity index (χ3v) is 4.63. The smallest absolute Gasteiger partial charge is 0.236 e. The van der Waals surface area contributed by atoms with Gasteiger partial charge in [-0.1, -0.05) is 18.2 Å². The van der Waals surface area contributed by atoms with E-state index in [1.165, 1.54) is 23.8 Å². The Kier molecular flexibility index (Phi) is 4.91. The number of benzene rings is 1. The number of rotatable bonds is 4. The first-order valence-electron chi connectivity index (χ1n) is 8.38. The van der Waals surface area contributed by atoms with Crippen LogP contribution in [0.4, 0.5) is 0 Å². The number of carbonyl (C=O) groups is 1. The molecule has 1 atom stereocenters. The number of likely N-dealkylation sites (tertiary alicyclic amines) is 1. The molecular weight excluding hydrogens is 286 g/mol. The lowest BCUT2D eigenvalue weighted by molar-refractivity contribution is -0.130. The van der Waals surface area contributed by atoms with Gasteiger partial charge in [0.15, 0.2) is 0 Å². The highest BCUT2D eigenvalue weighted by molar-refractivity contribution is 5.78. The van der Waals surface area contributed by atoms with E-state index in [0.717, 1.165) is 25.0 Å². The molecular formula is C19H25N3O. The normalized spacial score (nSPS) is 19.0. The summed E-state index contributed by atoms with van der Waals surface area (Å²) in [6, 6.07) is 10.5. The quantitative estimate of drug-likeness (QED) is 0.871. The van der Waals surface area contributed by atoms with Crippen LogP contribution in [0.2, 0.25) is 0 Å². The van der Waals surface area contributed by atoms with Crippen molar-refractivity contribution in [2.75, 3.05) is 33.7 Å². The number of para-hydroxylation sites is 1. The van der Waals surface area contributed by atoms with Crippen LogP contribution in [0, 0.1) is 5.92 Å². The Hall–Kier alpha value is -1.94. The molecule has 1 saturated heterocycles. The molecule has 0 unspecified atom stereocenters. The van der Waals surface area contributed by atoms with Gasteiger partial charge in [0, 0.05) is 32.2 Å². The molecule has 1 amide bonds. The number of hydrogen-bond donors (Lipinski definition) is 0. The monoisotopic (exact) mass is 311 g/mol. The van der Waals surface area contributed by atoms with Crippen molar-refractivity contribution in [1.29, 1.82) is 0 Å². The van der Waals surface area contributed by atoms with E-state index < -0.39 is 0 Å². The van der Waals surface area contributed by atoms with Crippen LogP contribution in [0.15, 0.2) is 36.5 Å². The molecule has 4 heteroatoms. The Morgan fingerprint density at radius 2 is 2.17 bits per heavy atom. The number of likely N-dealkylation sites (N-methyl/N-ethyl adjacent to an activating group) is 1. The van der Waals surface area contributed by atoms with Gasteiger partial charge in [0.2, 0.25) is 5.91 Å². The minimum Gasteiger partial charge on any atom is -0.348 e. The Bertz CT molecular complexity index is 683. The molecule has 0 aliphatic carbocycles. The number of nitrogens with zero attached hydrogens (tertiary/aromatic N) is 3. The summed E-state index contributed by atoms with van der Waals surface area (Å²) in [4.78, 5) is 20.4. The summed E-state index contributed by atoms with van der Waals surface area (Å²) >= 11 is 0. The lowest BCUT2D eigenvalue weighted by Crippen LogP contribution is -2.42. The van der Waals surface area contributed by atoms with Gasteiger partial charge in [-0.15, -0.1) is 0 Å². The standard InChI is InChI=1S/C19H25N3O/c1-21(2)19(23)14-22-9-5-6-15(13-22)10-16-11-17-7-3-4-8-18(17)20-12-16/h3-4,7-8,11-12,15H,5-6,9-10,13-14H2,1-2H3/t15-/m1/s1. The Morgan fingerprint density at radius 1 is 1.35 bits per heavy atom. The second kappa shape index (κ2) is 7.09. The number of amides is 1. The summed E-state index contributed by atoms with van der Waals surface area (Å²) in [6.45, 7) is 2.58. The van der Waals surface area contributed by atoms with Crippen molar-refractivity contribution in [2.24, 2.45) is 5.92 Å². The highest BCUT2D eigenvalue weighted by Gasteiger charge is 2.22. The van der Waals surface area contributed by atoms with E-state index in [4.69, 9.17) is 0 Å². The van der Waals surface area contributed by atoms with E-state index in [1.807, 2.05) is 32.4 Å². The van der Waals surface area contributed by atoms with Gasteiger partial charge in [-0.3, -0.25) is 14.7 Å². The third kappa shape index (κ3) is 4.08. The summed E-state index contributed by atoms with van der Waals surface area (Å²) in [5, 5.41) is 1.21. The first-order chi connectivity index (χ1) is 11.1. The van der Waals surface area contributed by atoms with Crippen LogP contribution in [-0.4, -0.2) is 54.4 Å². The molecule has 2 heterocycles. The molecule has 0 N–H and O–H groups in total. The maximum Gasteiger partial charge on any atom is 0.236 e. The number of pyridine rings is 1. The average molecular weight is 311 g/mol. The van der Waals surface area contributed by atoms with Gasteiger partial charge < -0.3 is 4.90 Å². The Balaban J connectivity index is 1.63. The first-order valence-corrected chi connectivity index (χ1v) is 8.38. The number of fused-ring (bicyclic) bond motifs is 1. The fourth-order valence-electron chi connectivity index (χ4n) is 3.36. The first kappa shape index (κ1) is 15.9. The Labute approximate surface area is 138 Å². The van der Waals surface area contributed by atoms with Crippen molar-refractivity contribution in [1.82, 2.24) is 14.8 Å². The molecule has 3 rings (SSSR count). The van der Waals surface area contributed by atoms with Gasteiger partial charge in [0.05, 0.1) is 12.1 Å². The van der Waals surface area contributed by atoms with Gasteiger partial charge in [0.25, 0.3) is 0 Å². The van der Waals surface area contributed by atoms with Crippen molar-refractivity contribution in [2.45, 2.75) is 19.3 Å². The molecule has 23 heavy (non-hydrogen) atoms. The highest BCUT2D eigenvalue weighted by atomic mass is 16.2. The van der Waals surface area contributed by atoms with Crippen molar-refractivity contribution < 1.29 is 4.79 Å². The van der Waals surface area contributed by atoms with Crippen LogP contribution < -0.4 is 0 Å². The van der Waals surface area contributed by atoms with Crippen LogP contribution in [0.25, 0.3) is 10.9 Å². The SMILES string of the molecule is CN(C)C(=O)CN1CCC[C@H](Cc2cnc3ccccc3c2)C1. The fraction of sp³-hybridized carbons (Fsp3) is 0.474. The van der Waals surface area contributed by atoms with Gasteiger partial charge in [-0.25, -0.2) is 0 Å². The maximum absolute atomic E-state index is 11.9. The summed E-state index contributed by atoms with van der Waals surface area (Å²) in [5.41, 5.74) is 2.35. The zero-order chi connectivity index (χ0) is 16.2. The number of carbonyl (C=O) groups excluding carboxylic acids is 1. The van der Waals surface area contributed by atoms with Crippen molar-refractivity contribution in [3.05, 3.63) is 42.1 Å². The predicted octanol–water partition coefficient (Wildman–Crippen LogP) is 2.58. The van der Waals surface area contributed by atoms with Crippen molar-refractivity contribution in [3.8, 4) is 0 Å². The van der Waals surface area contributed by atoms with Crippen LogP contribution in [0.3, 0.4) is 0 Å². The summed E-state index contributed by atoms with van der Waals surface area (Å²) in [6.07, 6.45) is 5.46. The molecule has 1 aliphatic heterocycles. The minimum absolute atomic E-state index is 0.193. The molecule has 4 nitrogen and oxygen atoms in total. The summed E-state index contributed by atoms with van der Waals surface area (Å²) in [5.74, 6) is 0.805. The zero-order valence-corrected chi connectivity index (χ0v) is 14.0. The van der Waals surface area contributed by atoms with Crippen LogP contribution in [0.5, 0.6) is 0 Å². The lowest BCUT2D eigenvalue weighted by atomic mass is 9.91. The second-order valence-electron chi connectivity index (χ2n) is 6.77. The third-order valence-electron chi connectivity index (χ3n) is 4.63. The van der Waals surface area contributed by atoms with E-state index in [1.54, 1.807) is 4.90 Å². The molecule has 122 valence electrons. The summed E-state index contributed by atoms with van der Waals surface area (Å²) in [7, 11) is 3.65. The van der Waals surface area contributed by atoms with Crippen molar-refractivity contribution in [3.63, 3.8) is 0 Å². The molecule has 1 fully saturated rings. The topological polar surface area (TPSA) is 36.4 Å². The van der Waals surface area contributed by atoms with Crippen LogP contribution in [0.1, 0.15) is 18.4 Å². The fourth-order valence-corrected chi connectivity index (χ4v) is 3.36. The number of hydrogen-bond acceptors (Lipinski definition) is 3. The minimum atomic E-state index is 0.193. The van der Waals surface area contributed by atoms with Gasteiger partial charge in [-0.2, -0.15) is 0 Å². The molecule has 1 aromatic carbocycles. The molecule has 0 radical (unpaired) electrons. The number of piperidine rings is 1. The van der Waals surface area contributed by atoms with E-state index in [9.17, 15) is 4.79 Å². The zero-order valence-electron chi connectivity index (χ0n) is 14.0. The second-order valence-corrected chi connectivity index (χ2v) is 6.77. The summed E-state index contributed by atoms with van der Waals surface area (Å²) < 4.78 is 0. The highest BCUT2D eigenvalue weighted by Crippen LogP contribution is 2.22. The average Bonchev–Trinajstić information content (AvgIpc) is 2.55. The predicted molar refractivity (Wildman–Crippen MR) is 93.3 cm³/mol. The van der Waals surface area contributed by atoms with Crippen LogP contribution >= 0.6 is 0 Å². The Morgan fingerprint density at radius 3 is 3.00 bits per heavy atom. The molecule has 0 bridgehead atoms. The van der Waals surface area contributed by atoms with E-state index in [2.05, 4.69) is 28.1 Å². The largest absolute Gasteiger partial charge is 0.348 e. The van der Waals surface area contributed by atoms with Crippen molar-refractivity contribution >= 4 is 16.8 Å². The van der Waals surface area contributed by atoms with E-state index in [0.29, 0.717) is 12.5 Å². The molecule has 0 spiro atoms. The molecule has 2 aromatic rings. The van der Waals surface area contributed by atoms with Gasteiger partial charge in [0.1, 0.15) is 0 Å². The maximum atomic E-state index is 11.9. The van der Waals surface area contributed by atoms with Gasteiger partial charge >= 0.3 is 0 Å².